The molecule has 0 bridgehead atoms. The molecule has 0 aliphatic carbocycles. The minimum absolute atomic E-state index is 0.0481. The first-order valence-electron chi connectivity index (χ1n) is 8.47. The highest BCUT2D eigenvalue weighted by molar-refractivity contribution is 5.83. The molecule has 0 spiro atoms. The fraction of sp³-hybridized carbons (Fsp3) is 0.471. The number of amides is 1. The quantitative estimate of drug-likeness (QED) is 0.659. The average molecular weight is 399 g/mol. The lowest BCUT2D eigenvalue weighted by Crippen LogP contribution is -2.40. The molecule has 0 aliphatic rings. The Morgan fingerprint density at radius 2 is 2.00 bits per heavy atom. The lowest BCUT2D eigenvalue weighted by Gasteiger charge is -2.14. The van der Waals surface area contributed by atoms with Crippen molar-refractivity contribution in [1.29, 1.82) is 0 Å². The molecule has 0 saturated heterocycles. The lowest BCUT2D eigenvalue weighted by molar-refractivity contribution is -0.144. The van der Waals surface area contributed by atoms with E-state index in [4.69, 9.17) is 5.11 Å². The van der Waals surface area contributed by atoms with Gasteiger partial charge in [-0.25, -0.2) is 14.3 Å². The number of alkyl halides is 3. The second kappa shape index (κ2) is 8.36. The number of fused-ring (bicyclic) bond motifs is 1. The molecular weight excluding hydrogens is 379 g/mol. The van der Waals surface area contributed by atoms with E-state index in [1.807, 2.05) is 0 Å². The Morgan fingerprint density at radius 3 is 2.57 bits per heavy atom. The number of hydrogen-bond donors (Lipinski definition) is 2. The molecule has 2 rings (SSSR count). The molecule has 152 valence electrons. The van der Waals surface area contributed by atoms with Gasteiger partial charge >= 0.3 is 12.1 Å². The molecule has 1 unspecified atom stereocenters. The van der Waals surface area contributed by atoms with Crippen LogP contribution in [0.1, 0.15) is 42.0 Å². The maximum absolute atomic E-state index is 12.8. The fourth-order valence-electron chi connectivity index (χ4n) is 2.74. The minimum Gasteiger partial charge on any atom is -0.480 e. The number of aryl methyl sites for hydroxylation is 2. The molecule has 2 aromatic rings. The van der Waals surface area contributed by atoms with E-state index in [-0.39, 0.29) is 25.0 Å². The van der Waals surface area contributed by atoms with Gasteiger partial charge in [-0.3, -0.25) is 4.79 Å². The van der Waals surface area contributed by atoms with Crippen molar-refractivity contribution in [2.45, 2.75) is 51.7 Å². The van der Waals surface area contributed by atoms with Crippen LogP contribution >= 0.6 is 0 Å². The van der Waals surface area contributed by atoms with Crippen molar-refractivity contribution < 1.29 is 27.9 Å². The van der Waals surface area contributed by atoms with Crippen molar-refractivity contribution >= 4 is 17.7 Å². The standard InChI is InChI=1S/C17H20F3N5O3/c1-4-5-6-12(14(27)28)22-13(26)8-7-11-9(2)21-16-23-15(17(18,19)20)24-25(16)10(11)3/h4,12H,1,5-8H2,2-3H3,(H,22,26)(H,27,28). The number of allylic oxidation sites excluding steroid dienone is 1. The first kappa shape index (κ1) is 21.3. The number of rotatable bonds is 8. The summed E-state index contributed by atoms with van der Waals surface area (Å²) < 4.78 is 39.4. The topological polar surface area (TPSA) is 109 Å². The Morgan fingerprint density at radius 1 is 1.32 bits per heavy atom. The van der Waals surface area contributed by atoms with Crippen LogP contribution in [0.5, 0.6) is 0 Å². The maximum Gasteiger partial charge on any atom is 0.453 e. The number of nitrogens with one attached hydrogen (secondary N) is 1. The average Bonchev–Trinajstić information content (AvgIpc) is 3.02. The number of aliphatic carboxylic acids is 1. The van der Waals surface area contributed by atoms with E-state index in [2.05, 4.69) is 27.0 Å². The van der Waals surface area contributed by atoms with Crippen molar-refractivity contribution in [1.82, 2.24) is 24.9 Å². The summed E-state index contributed by atoms with van der Waals surface area (Å²) in [5.41, 5.74) is 1.37. The van der Waals surface area contributed by atoms with Crippen molar-refractivity contribution in [3.05, 3.63) is 35.4 Å². The van der Waals surface area contributed by atoms with Gasteiger partial charge in [0.2, 0.25) is 5.91 Å². The Hall–Kier alpha value is -2.98. The highest BCUT2D eigenvalue weighted by Gasteiger charge is 2.37. The van der Waals surface area contributed by atoms with Crippen LogP contribution in [0.2, 0.25) is 0 Å². The van der Waals surface area contributed by atoms with Gasteiger partial charge in [0.15, 0.2) is 0 Å². The zero-order valence-electron chi connectivity index (χ0n) is 15.4. The summed E-state index contributed by atoms with van der Waals surface area (Å²) in [4.78, 5) is 30.7. The van der Waals surface area contributed by atoms with Gasteiger partial charge < -0.3 is 10.4 Å². The molecule has 2 N–H and O–H groups in total. The van der Waals surface area contributed by atoms with Crippen LogP contribution in [-0.2, 0) is 22.2 Å². The second-order valence-corrected chi connectivity index (χ2v) is 6.23. The summed E-state index contributed by atoms with van der Waals surface area (Å²) in [5.74, 6) is -3.09. The van der Waals surface area contributed by atoms with Crippen molar-refractivity contribution in [2.24, 2.45) is 0 Å². The Balaban J connectivity index is 2.16. The number of carboxylic acid groups (broad SMARTS) is 1. The van der Waals surface area contributed by atoms with Gasteiger partial charge in [-0.1, -0.05) is 6.08 Å². The molecule has 8 nitrogen and oxygen atoms in total. The zero-order valence-corrected chi connectivity index (χ0v) is 15.4. The van der Waals surface area contributed by atoms with E-state index in [1.165, 1.54) is 0 Å². The van der Waals surface area contributed by atoms with Crippen LogP contribution in [-0.4, -0.2) is 42.6 Å². The molecule has 2 aromatic heterocycles. The third-order valence-corrected chi connectivity index (χ3v) is 4.20. The van der Waals surface area contributed by atoms with Crippen LogP contribution in [0.3, 0.4) is 0 Å². The summed E-state index contributed by atoms with van der Waals surface area (Å²) in [7, 11) is 0. The summed E-state index contributed by atoms with van der Waals surface area (Å²) >= 11 is 0. The molecular formula is C17H20F3N5O3. The van der Waals surface area contributed by atoms with Gasteiger partial charge in [0.25, 0.3) is 11.6 Å². The van der Waals surface area contributed by atoms with Crippen molar-refractivity contribution in [3.8, 4) is 0 Å². The second-order valence-electron chi connectivity index (χ2n) is 6.23. The number of carbonyl (C=O) groups is 2. The van der Waals surface area contributed by atoms with Gasteiger partial charge in [-0.15, -0.1) is 11.7 Å². The molecule has 0 aliphatic heterocycles. The highest BCUT2D eigenvalue weighted by atomic mass is 19.4. The summed E-state index contributed by atoms with van der Waals surface area (Å²) in [6.45, 7) is 6.68. The van der Waals surface area contributed by atoms with Crippen LogP contribution in [0.4, 0.5) is 13.2 Å². The van der Waals surface area contributed by atoms with Crippen LogP contribution < -0.4 is 5.32 Å². The van der Waals surface area contributed by atoms with Gasteiger partial charge in [0.1, 0.15) is 6.04 Å². The molecule has 0 fully saturated rings. The number of nitrogens with zero attached hydrogens (tertiary/aromatic N) is 4. The molecule has 28 heavy (non-hydrogen) atoms. The van der Waals surface area contributed by atoms with Crippen molar-refractivity contribution in [2.75, 3.05) is 0 Å². The van der Waals surface area contributed by atoms with E-state index >= 15 is 0 Å². The first-order valence-corrected chi connectivity index (χ1v) is 8.47. The largest absolute Gasteiger partial charge is 0.480 e. The molecule has 0 radical (unpaired) electrons. The van der Waals surface area contributed by atoms with Crippen LogP contribution in [0.15, 0.2) is 12.7 Å². The molecule has 0 saturated carbocycles. The first-order chi connectivity index (χ1) is 13.0. The maximum atomic E-state index is 12.8. The Kier molecular flexibility index (Phi) is 6.37. The smallest absolute Gasteiger partial charge is 0.453 e. The third kappa shape index (κ3) is 4.84. The van der Waals surface area contributed by atoms with Gasteiger partial charge in [0, 0.05) is 17.8 Å². The SMILES string of the molecule is C=CCCC(NC(=O)CCc1c(C)nc2nc(C(F)(F)F)nn2c1C)C(=O)O. The minimum atomic E-state index is -4.69. The van der Waals surface area contributed by atoms with Crippen LogP contribution in [0, 0.1) is 13.8 Å². The van der Waals surface area contributed by atoms with E-state index in [0.29, 0.717) is 23.4 Å². The third-order valence-electron chi connectivity index (χ3n) is 4.20. The number of halogens is 3. The summed E-state index contributed by atoms with van der Waals surface area (Å²) in [6.07, 6.45) is -2.36. The van der Waals surface area contributed by atoms with Crippen molar-refractivity contribution in [3.63, 3.8) is 0 Å². The van der Waals surface area contributed by atoms with Gasteiger partial charge in [-0.05, 0) is 38.7 Å². The fourth-order valence-corrected chi connectivity index (χ4v) is 2.74. The monoisotopic (exact) mass is 399 g/mol. The van der Waals surface area contributed by atoms with Gasteiger partial charge in [-0.2, -0.15) is 18.2 Å². The van der Waals surface area contributed by atoms with Crippen LogP contribution in [0.25, 0.3) is 5.78 Å². The normalized spacial score (nSPS) is 12.8. The Labute approximate surface area is 158 Å². The number of carboxylic acids is 1. The summed E-state index contributed by atoms with van der Waals surface area (Å²) in [6, 6.07) is -1.03. The number of aromatic nitrogens is 4. The molecule has 1 atom stereocenters. The predicted molar refractivity (Wildman–Crippen MR) is 92.6 cm³/mol. The molecule has 2 heterocycles. The van der Waals surface area contributed by atoms with E-state index in [9.17, 15) is 22.8 Å². The number of hydrogen-bond acceptors (Lipinski definition) is 5. The Bertz CT molecular complexity index is 908. The zero-order chi connectivity index (χ0) is 21.1. The lowest BCUT2D eigenvalue weighted by atomic mass is 10.1. The number of carbonyl (C=O) groups excluding carboxylic acids is 1. The molecule has 11 heteroatoms. The highest BCUT2D eigenvalue weighted by Crippen LogP contribution is 2.27. The van der Waals surface area contributed by atoms with E-state index in [1.54, 1.807) is 19.9 Å². The summed E-state index contributed by atoms with van der Waals surface area (Å²) in [5, 5.41) is 15.0. The van der Waals surface area contributed by atoms with Gasteiger partial charge in [0.05, 0.1) is 0 Å². The van der Waals surface area contributed by atoms with E-state index in [0.717, 1.165) is 4.52 Å². The van der Waals surface area contributed by atoms with E-state index < -0.39 is 29.9 Å². The molecule has 1 amide bonds. The molecule has 0 aromatic carbocycles. The predicted octanol–water partition coefficient (Wildman–Crippen LogP) is 2.23.